The predicted molar refractivity (Wildman–Crippen MR) is 153 cm³/mol. The van der Waals surface area contributed by atoms with Gasteiger partial charge in [-0.25, -0.2) is 12.7 Å². The zero-order valence-corrected chi connectivity index (χ0v) is 23.2. The van der Waals surface area contributed by atoms with Crippen LogP contribution < -0.4 is 5.32 Å². The summed E-state index contributed by atoms with van der Waals surface area (Å²) in [6.45, 7) is 3.11. The van der Waals surface area contributed by atoms with Crippen LogP contribution >= 0.6 is 0 Å². The molecule has 202 valence electrons. The average Bonchev–Trinajstić information content (AvgIpc) is 2.97. The van der Waals surface area contributed by atoms with Crippen molar-refractivity contribution >= 4 is 15.9 Å². The zero-order valence-electron chi connectivity index (χ0n) is 22.4. The Balaban J connectivity index is 1.44. The summed E-state index contributed by atoms with van der Waals surface area (Å²) in [6, 6.07) is 29.3. The summed E-state index contributed by atoms with van der Waals surface area (Å²) in [4.78, 5) is 15.2. The monoisotopic (exact) mass is 533 g/mol. The van der Waals surface area contributed by atoms with Crippen LogP contribution in [0.4, 0.5) is 0 Å². The fourth-order valence-corrected chi connectivity index (χ4v) is 6.80. The van der Waals surface area contributed by atoms with Crippen LogP contribution in [0.1, 0.15) is 42.7 Å². The van der Waals surface area contributed by atoms with Crippen LogP contribution in [0.5, 0.6) is 0 Å². The molecule has 0 radical (unpaired) electrons. The van der Waals surface area contributed by atoms with Crippen molar-refractivity contribution in [3.05, 3.63) is 102 Å². The summed E-state index contributed by atoms with van der Waals surface area (Å²) in [5.74, 6) is 0.153. The minimum absolute atomic E-state index is 0.0753. The van der Waals surface area contributed by atoms with Crippen LogP contribution in [0.25, 0.3) is 0 Å². The van der Waals surface area contributed by atoms with Gasteiger partial charge in [0.2, 0.25) is 15.9 Å². The van der Waals surface area contributed by atoms with Crippen molar-refractivity contribution in [1.29, 1.82) is 0 Å². The molecule has 0 saturated carbocycles. The van der Waals surface area contributed by atoms with Crippen molar-refractivity contribution in [3.63, 3.8) is 0 Å². The second-order valence-electron chi connectivity index (χ2n) is 10.3. The van der Waals surface area contributed by atoms with Crippen molar-refractivity contribution in [3.8, 4) is 0 Å². The Hall–Kier alpha value is -3.00. The summed E-state index contributed by atoms with van der Waals surface area (Å²) in [7, 11) is -0.187. The van der Waals surface area contributed by atoms with E-state index in [1.807, 2.05) is 30.3 Å². The fraction of sp³-hybridized carbons (Fsp3) is 0.387. The number of hydrogen-bond donors (Lipinski definition) is 1. The molecule has 0 spiro atoms. The van der Waals surface area contributed by atoms with Gasteiger partial charge in [0.05, 0.1) is 4.90 Å². The number of piperidine rings is 1. The van der Waals surface area contributed by atoms with Gasteiger partial charge in [0.1, 0.15) is 0 Å². The largest absolute Gasteiger partial charge is 0.359 e. The molecule has 1 fully saturated rings. The molecule has 3 aromatic carbocycles. The first-order chi connectivity index (χ1) is 18.3. The molecule has 1 heterocycles. The molecule has 7 heteroatoms. The summed E-state index contributed by atoms with van der Waals surface area (Å²) < 4.78 is 27.9. The number of hydrogen-bond acceptors (Lipinski definition) is 4. The van der Waals surface area contributed by atoms with Crippen LogP contribution in [0.15, 0.2) is 95.9 Å². The molecule has 1 N–H and O–H groups in total. The van der Waals surface area contributed by atoms with Gasteiger partial charge in [0, 0.05) is 32.5 Å². The number of likely N-dealkylation sites (N-methyl/N-ethyl adjacent to an activating group) is 1. The maximum absolute atomic E-state index is 13.2. The molecular formula is C31H39N3O3S. The van der Waals surface area contributed by atoms with Crippen LogP contribution in [-0.4, -0.2) is 63.8 Å². The van der Waals surface area contributed by atoms with E-state index in [4.69, 9.17) is 0 Å². The molecule has 38 heavy (non-hydrogen) atoms. The molecule has 1 saturated heterocycles. The van der Waals surface area contributed by atoms with Crippen molar-refractivity contribution < 1.29 is 13.2 Å². The number of carbonyl (C=O) groups is 1. The van der Waals surface area contributed by atoms with Gasteiger partial charge in [-0.2, -0.15) is 0 Å². The minimum Gasteiger partial charge on any atom is -0.359 e. The lowest BCUT2D eigenvalue weighted by Gasteiger charge is -2.42. The third-order valence-electron chi connectivity index (χ3n) is 7.97. The van der Waals surface area contributed by atoms with Crippen LogP contribution in [-0.2, 0) is 20.2 Å². The highest BCUT2D eigenvalue weighted by atomic mass is 32.2. The smallest absolute Gasteiger partial charge is 0.242 e. The van der Waals surface area contributed by atoms with Crippen molar-refractivity contribution in [1.82, 2.24) is 14.5 Å². The van der Waals surface area contributed by atoms with Crippen LogP contribution in [0.3, 0.4) is 0 Å². The van der Waals surface area contributed by atoms with E-state index in [-0.39, 0.29) is 17.2 Å². The van der Waals surface area contributed by atoms with Gasteiger partial charge in [0.15, 0.2) is 0 Å². The third kappa shape index (κ3) is 6.70. The standard InChI is InChI=1S/C31H39N3O3S/c1-32-30(35)24-31(28-14-8-4-9-15-28)19-22-34(23-20-31)21-18-27(26-12-6-3-7-13-26)25-33(2)38(36,37)29-16-10-5-11-17-29/h3-17,27H,18-25H2,1-2H3,(H,32,35). The number of sulfonamides is 1. The van der Waals surface area contributed by atoms with Gasteiger partial charge in [-0.05, 0) is 68.1 Å². The van der Waals surface area contributed by atoms with E-state index >= 15 is 0 Å². The Labute approximate surface area is 227 Å². The molecule has 1 aliphatic heterocycles. The van der Waals surface area contributed by atoms with Crippen molar-refractivity contribution in [2.24, 2.45) is 0 Å². The first-order valence-electron chi connectivity index (χ1n) is 13.4. The number of nitrogens with one attached hydrogen (secondary N) is 1. The average molecular weight is 534 g/mol. The lowest BCUT2D eigenvalue weighted by atomic mass is 9.70. The number of carbonyl (C=O) groups excluding carboxylic acids is 1. The van der Waals surface area contributed by atoms with E-state index in [0.717, 1.165) is 44.5 Å². The topological polar surface area (TPSA) is 69.7 Å². The molecule has 4 rings (SSSR count). The third-order valence-corrected chi connectivity index (χ3v) is 9.81. The Kier molecular flexibility index (Phi) is 9.36. The number of nitrogens with zero attached hydrogens (tertiary/aromatic N) is 2. The molecular weight excluding hydrogens is 494 g/mol. The molecule has 0 aromatic heterocycles. The summed E-state index contributed by atoms with van der Waals surface area (Å²) in [5.41, 5.74) is 2.23. The van der Waals surface area contributed by atoms with E-state index in [1.54, 1.807) is 38.4 Å². The fourth-order valence-electron chi connectivity index (χ4n) is 5.57. The maximum Gasteiger partial charge on any atom is 0.242 e. The first-order valence-corrected chi connectivity index (χ1v) is 14.8. The van der Waals surface area contributed by atoms with Gasteiger partial charge < -0.3 is 10.2 Å². The molecule has 0 bridgehead atoms. The van der Waals surface area contributed by atoms with Gasteiger partial charge in [-0.15, -0.1) is 0 Å². The molecule has 3 aromatic rings. The van der Waals surface area contributed by atoms with Gasteiger partial charge in [0.25, 0.3) is 0 Å². The van der Waals surface area contributed by atoms with Crippen molar-refractivity contribution in [2.75, 3.05) is 40.3 Å². The van der Waals surface area contributed by atoms with Gasteiger partial charge in [-0.1, -0.05) is 78.9 Å². The Morgan fingerprint density at radius 1 is 0.921 bits per heavy atom. The first kappa shape index (κ1) is 28.0. The predicted octanol–water partition coefficient (Wildman–Crippen LogP) is 4.65. The minimum atomic E-state index is -3.56. The second kappa shape index (κ2) is 12.7. The molecule has 6 nitrogen and oxygen atoms in total. The summed E-state index contributed by atoms with van der Waals surface area (Å²) in [6.07, 6.45) is 3.19. The van der Waals surface area contributed by atoms with E-state index in [9.17, 15) is 13.2 Å². The lowest BCUT2D eigenvalue weighted by Crippen LogP contribution is -2.45. The van der Waals surface area contributed by atoms with E-state index in [2.05, 4.69) is 46.6 Å². The number of amides is 1. The van der Waals surface area contributed by atoms with Crippen LogP contribution in [0.2, 0.25) is 0 Å². The normalized spacial score (nSPS) is 16.7. The van der Waals surface area contributed by atoms with E-state index in [0.29, 0.717) is 17.9 Å². The maximum atomic E-state index is 13.2. The van der Waals surface area contributed by atoms with E-state index in [1.165, 1.54) is 9.87 Å². The molecule has 1 aliphatic rings. The zero-order chi connectivity index (χ0) is 27.0. The Morgan fingerprint density at radius 3 is 2.05 bits per heavy atom. The molecule has 1 amide bonds. The van der Waals surface area contributed by atoms with E-state index < -0.39 is 10.0 Å². The second-order valence-corrected chi connectivity index (χ2v) is 12.4. The van der Waals surface area contributed by atoms with Gasteiger partial charge >= 0.3 is 0 Å². The summed E-state index contributed by atoms with van der Waals surface area (Å²) >= 11 is 0. The molecule has 1 unspecified atom stereocenters. The van der Waals surface area contributed by atoms with Crippen LogP contribution in [0, 0.1) is 0 Å². The number of likely N-dealkylation sites (tertiary alicyclic amines) is 1. The van der Waals surface area contributed by atoms with Gasteiger partial charge in [-0.3, -0.25) is 4.79 Å². The number of rotatable bonds is 11. The highest BCUT2D eigenvalue weighted by molar-refractivity contribution is 7.89. The quantitative estimate of drug-likeness (QED) is 0.390. The molecule has 1 atom stereocenters. The highest BCUT2D eigenvalue weighted by Crippen LogP contribution is 2.39. The number of benzene rings is 3. The Bertz CT molecular complexity index is 1260. The Morgan fingerprint density at radius 2 is 1.47 bits per heavy atom. The summed E-state index contributed by atoms with van der Waals surface area (Å²) in [5, 5.41) is 2.81. The lowest BCUT2D eigenvalue weighted by molar-refractivity contribution is -0.122. The SMILES string of the molecule is CNC(=O)CC1(c2ccccc2)CCN(CCC(CN(C)S(=O)(=O)c2ccccc2)c2ccccc2)CC1. The highest BCUT2D eigenvalue weighted by Gasteiger charge is 2.38. The van der Waals surface area contributed by atoms with Crippen molar-refractivity contribution in [2.45, 2.75) is 41.9 Å². The molecule has 0 aliphatic carbocycles.